The zero-order chi connectivity index (χ0) is 18.9. The summed E-state index contributed by atoms with van der Waals surface area (Å²) in [5, 5.41) is 3.28. The molecule has 0 aliphatic heterocycles. The quantitative estimate of drug-likeness (QED) is 0.656. The van der Waals surface area contributed by atoms with Gasteiger partial charge in [-0.3, -0.25) is 4.79 Å². The van der Waals surface area contributed by atoms with Gasteiger partial charge in [0.1, 0.15) is 4.21 Å². The SMILES string of the molecule is Cc1ccc(S(=O)(=O)c2ccc(C(=O)Nc3ccc(C)c(Cl)c3)s2)cc1. The molecule has 0 bridgehead atoms. The fourth-order valence-corrected chi connectivity index (χ4v) is 5.07. The molecule has 3 aromatic rings. The lowest BCUT2D eigenvalue weighted by Gasteiger charge is -2.05. The molecular weight excluding hydrogens is 390 g/mol. The maximum absolute atomic E-state index is 12.7. The Morgan fingerprint density at radius 2 is 1.69 bits per heavy atom. The lowest BCUT2D eigenvalue weighted by Crippen LogP contribution is -2.10. The van der Waals surface area contributed by atoms with Crippen molar-refractivity contribution in [3.05, 3.63) is 75.6 Å². The number of carbonyl (C=O) groups is 1. The number of hydrogen-bond acceptors (Lipinski definition) is 4. The van der Waals surface area contributed by atoms with Crippen LogP contribution in [0.1, 0.15) is 20.8 Å². The van der Waals surface area contributed by atoms with Crippen molar-refractivity contribution < 1.29 is 13.2 Å². The molecule has 1 N–H and O–H groups in total. The van der Waals surface area contributed by atoms with E-state index in [1.165, 1.54) is 12.1 Å². The van der Waals surface area contributed by atoms with Crippen LogP contribution in [0.3, 0.4) is 0 Å². The average molecular weight is 406 g/mol. The van der Waals surface area contributed by atoms with E-state index < -0.39 is 9.84 Å². The van der Waals surface area contributed by atoms with Gasteiger partial charge < -0.3 is 5.32 Å². The molecule has 1 heterocycles. The number of aryl methyl sites for hydroxylation is 2. The number of nitrogens with one attached hydrogen (secondary N) is 1. The summed E-state index contributed by atoms with van der Waals surface area (Å²) >= 11 is 7.00. The van der Waals surface area contributed by atoms with Crippen LogP contribution in [0, 0.1) is 13.8 Å². The van der Waals surface area contributed by atoms with Crippen molar-refractivity contribution in [1.29, 1.82) is 0 Å². The molecule has 0 spiro atoms. The van der Waals surface area contributed by atoms with Gasteiger partial charge in [0.05, 0.1) is 9.77 Å². The first kappa shape index (κ1) is 18.6. The summed E-state index contributed by atoms with van der Waals surface area (Å²) in [7, 11) is -3.64. The highest BCUT2D eigenvalue weighted by Crippen LogP contribution is 2.29. The Morgan fingerprint density at radius 3 is 2.35 bits per heavy atom. The molecule has 4 nitrogen and oxygen atoms in total. The van der Waals surface area contributed by atoms with E-state index in [0.29, 0.717) is 15.6 Å². The molecule has 0 aliphatic rings. The van der Waals surface area contributed by atoms with Crippen LogP contribution in [-0.4, -0.2) is 14.3 Å². The highest BCUT2D eigenvalue weighted by molar-refractivity contribution is 7.93. The van der Waals surface area contributed by atoms with E-state index in [2.05, 4.69) is 5.32 Å². The van der Waals surface area contributed by atoms with Crippen molar-refractivity contribution in [2.45, 2.75) is 23.0 Å². The van der Waals surface area contributed by atoms with E-state index in [4.69, 9.17) is 11.6 Å². The Labute approximate surface area is 161 Å². The van der Waals surface area contributed by atoms with Gasteiger partial charge in [-0.15, -0.1) is 11.3 Å². The van der Waals surface area contributed by atoms with E-state index in [1.807, 2.05) is 13.8 Å². The molecule has 0 unspecified atom stereocenters. The van der Waals surface area contributed by atoms with Gasteiger partial charge in [-0.2, -0.15) is 0 Å². The maximum Gasteiger partial charge on any atom is 0.265 e. The van der Waals surface area contributed by atoms with E-state index in [1.54, 1.807) is 42.5 Å². The zero-order valence-corrected chi connectivity index (χ0v) is 16.5. The largest absolute Gasteiger partial charge is 0.321 e. The molecule has 2 aromatic carbocycles. The van der Waals surface area contributed by atoms with Gasteiger partial charge in [0.2, 0.25) is 9.84 Å². The summed E-state index contributed by atoms with van der Waals surface area (Å²) in [6.07, 6.45) is 0. The number of halogens is 1. The maximum atomic E-state index is 12.7. The first-order valence-corrected chi connectivity index (χ1v) is 10.4. The first-order valence-electron chi connectivity index (χ1n) is 7.76. The third-order valence-electron chi connectivity index (χ3n) is 3.83. The summed E-state index contributed by atoms with van der Waals surface area (Å²) in [5.74, 6) is -0.375. The van der Waals surface area contributed by atoms with Crippen molar-refractivity contribution in [2.75, 3.05) is 5.32 Å². The van der Waals surface area contributed by atoms with E-state index in [9.17, 15) is 13.2 Å². The third kappa shape index (κ3) is 3.82. The molecular formula is C19H16ClNO3S2. The second-order valence-electron chi connectivity index (χ2n) is 5.85. The number of carbonyl (C=O) groups excluding carboxylic acids is 1. The molecule has 1 amide bonds. The topological polar surface area (TPSA) is 63.2 Å². The van der Waals surface area contributed by atoms with Crippen molar-refractivity contribution in [1.82, 2.24) is 0 Å². The van der Waals surface area contributed by atoms with Crippen molar-refractivity contribution >= 4 is 44.4 Å². The molecule has 0 saturated carbocycles. The van der Waals surface area contributed by atoms with Crippen molar-refractivity contribution in [2.24, 2.45) is 0 Å². The van der Waals surface area contributed by atoms with Gasteiger partial charge >= 0.3 is 0 Å². The van der Waals surface area contributed by atoms with Crippen LogP contribution >= 0.6 is 22.9 Å². The van der Waals surface area contributed by atoms with Crippen LogP contribution in [0.25, 0.3) is 0 Å². The molecule has 0 saturated heterocycles. The van der Waals surface area contributed by atoms with Crippen LogP contribution in [0.5, 0.6) is 0 Å². The molecule has 0 fully saturated rings. The summed E-state index contributed by atoms with van der Waals surface area (Å²) in [5.41, 5.74) is 2.45. The van der Waals surface area contributed by atoms with Gasteiger partial charge in [0.25, 0.3) is 5.91 Å². The number of rotatable bonds is 4. The van der Waals surface area contributed by atoms with Gasteiger partial charge in [0, 0.05) is 10.7 Å². The summed E-state index contributed by atoms with van der Waals surface area (Å²) in [4.78, 5) is 12.9. The highest BCUT2D eigenvalue weighted by atomic mass is 35.5. The minimum Gasteiger partial charge on any atom is -0.321 e. The number of hydrogen-bond donors (Lipinski definition) is 1. The van der Waals surface area contributed by atoms with Crippen LogP contribution in [-0.2, 0) is 9.84 Å². The third-order valence-corrected chi connectivity index (χ3v) is 7.58. The standard InChI is InChI=1S/C19H16ClNO3S2/c1-12-3-7-15(8-4-12)26(23,24)18-10-9-17(25-18)19(22)21-14-6-5-13(2)16(20)11-14/h3-11H,1-2H3,(H,21,22). The Kier molecular flexibility index (Phi) is 5.18. The van der Waals surface area contributed by atoms with E-state index >= 15 is 0 Å². The Hall–Kier alpha value is -2.15. The predicted octanol–water partition coefficient (Wildman–Crippen LogP) is 5.10. The smallest absolute Gasteiger partial charge is 0.265 e. The van der Waals surface area contributed by atoms with Crippen molar-refractivity contribution in [3.63, 3.8) is 0 Å². The lowest BCUT2D eigenvalue weighted by atomic mass is 10.2. The van der Waals surface area contributed by atoms with Crippen LogP contribution < -0.4 is 5.32 Å². The highest BCUT2D eigenvalue weighted by Gasteiger charge is 2.21. The van der Waals surface area contributed by atoms with E-state index in [0.717, 1.165) is 22.5 Å². The Balaban J connectivity index is 1.83. The van der Waals surface area contributed by atoms with Crippen LogP contribution in [0.15, 0.2) is 63.7 Å². The summed E-state index contributed by atoms with van der Waals surface area (Å²) in [6, 6.07) is 14.8. The number of sulfone groups is 1. The molecule has 26 heavy (non-hydrogen) atoms. The minimum atomic E-state index is -3.64. The lowest BCUT2D eigenvalue weighted by molar-refractivity contribution is 0.103. The number of thiophene rings is 1. The van der Waals surface area contributed by atoms with Gasteiger partial charge in [-0.25, -0.2) is 8.42 Å². The van der Waals surface area contributed by atoms with Crippen LogP contribution in [0.2, 0.25) is 5.02 Å². The molecule has 0 atom stereocenters. The fourth-order valence-electron chi connectivity index (χ4n) is 2.28. The van der Waals surface area contributed by atoms with Gasteiger partial charge in [-0.05, 0) is 55.8 Å². The van der Waals surface area contributed by atoms with Gasteiger partial charge in [-0.1, -0.05) is 35.4 Å². The second-order valence-corrected chi connectivity index (χ2v) is 9.52. The Bertz CT molecular complexity index is 1070. The van der Waals surface area contributed by atoms with E-state index in [-0.39, 0.29) is 15.0 Å². The molecule has 1 aromatic heterocycles. The second kappa shape index (κ2) is 7.23. The normalized spacial score (nSPS) is 11.3. The van der Waals surface area contributed by atoms with Crippen LogP contribution in [0.4, 0.5) is 5.69 Å². The zero-order valence-electron chi connectivity index (χ0n) is 14.1. The van der Waals surface area contributed by atoms with Crippen molar-refractivity contribution in [3.8, 4) is 0 Å². The molecule has 0 aliphatic carbocycles. The summed E-state index contributed by atoms with van der Waals surface area (Å²) < 4.78 is 25.5. The van der Waals surface area contributed by atoms with Gasteiger partial charge in [0.15, 0.2) is 0 Å². The minimum absolute atomic E-state index is 0.133. The number of anilines is 1. The average Bonchev–Trinajstić information content (AvgIpc) is 3.10. The monoisotopic (exact) mass is 405 g/mol. The fraction of sp³-hybridized carbons (Fsp3) is 0.105. The molecule has 134 valence electrons. The molecule has 7 heteroatoms. The Morgan fingerprint density at radius 1 is 1.00 bits per heavy atom. The molecule has 3 rings (SSSR count). The number of amides is 1. The predicted molar refractivity (Wildman–Crippen MR) is 105 cm³/mol. The first-order chi connectivity index (χ1) is 12.3. The number of benzene rings is 2. The molecule has 0 radical (unpaired) electrons. The summed E-state index contributed by atoms with van der Waals surface area (Å²) in [6.45, 7) is 3.76.